The highest BCUT2D eigenvalue weighted by molar-refractivity contribution is 5.84. The average molecular weight is 716 g/mol. The molecule has 1 aliphatic heterocycles. The Labute approximate surface area is 305 Å². The molecule has 14 heteroatoms. The fraction of sp³-hybridized carbons (Fsp3) is 0.500. The summed E-state index contributed by atoms with van der Waals surface area (Å²) < 4.78 is 7.40. The van der Waals surface area contributed by atoms with Crippen LogP contribution in [0.4, 0.5) is 10.6 Å². The third-order valence-electron chi connectivity index (χ3n) is 9.24. The number of nitrogens with one attached hydrogen (secondary N) is 4. The zero-order valence-corrected chi connectivity index (χ0v) is 30.4. The maximum atomic E-state index is 12.9. The summed E-state index contributed by atoms with van der Waals surface area (Å²) >= 11 is 0. The van der Waals surface area contributed by atoms with E-state index in [2.05, 4.69) is 69.3 Å². The molecule has 0 radical (unpaired) electrons. The van der Waals surface area contributed by atoms with Gasteiger partial charge in [-0.15, -0.1) is 0 Å². The Balaban J connectivity index is 1.38. The third-order valence-corrected chi connectivity index (χ3v) is 9.24. The lowest BCUT2D eigenvalue weighted by Gasteiger charge is -2.22. The molecule has 52 heavy (non-hydrogen) atoms. The normalized spacial score (nSPS) is 18.6. The van der Waals surface area contributed by atoms with Crippen molar-refractivity contribution >= 4 is 28.9 Å². The van der Waals surface area contributed by atoms with Gasteiger partial charge in [-0.1, -0.05) is 87.4 Å². The van der Waals surface area contributed by atoms with Gasteiger partial charge in [0.2, 0.25) is 0 Å². The van der Waals surface area contributed by atoms with Gasteiger partial charge in [-0.05, 0) is 44.0 Å². The van der Waals surface area contributed by atoms with Crippen molar-refractivity contribution in [3.05, 3.63) is 83.9 Å². The summed E-state index contributed by atoms with van der Waals surface area (Å²) in [4.78, 5) is 42.0. The fourth-order valence-corrected chi connectivity index (χ4v) is 6.38. The van der Waals surface area contributed by atoms with Gasteiger partial charge in [-0.3, -0.25) is 9.36 Å². The largest absolute Gasteiger partial charge is 0.387 e. The van der Waals surface area contributed by atoms with E-state index >= 15 is 0 Å². The van der Waals surface area contributed by atoms with Crippen LogP contribution in [0, 0.1) is 0 Å². The molecule has 0 bridgehead atoms. The van der Waals surface area contributed by atoms with Gasteiger partial charge in [0.05, 0.1) is 12.9 Å². The van der Waals surface area contributed by atoms with Crippen molar-refractivity contribution in [3.8, 4) is 0 Å². The first-order chi connectivity index (χ1) is 25.3. The van der Waals surface area contributed by atoms with E-state index < -0.39 is 30.4 Å². The Hall–Kier alpha value is -4.63. The molecule has 6 N–H and O–H groups in total. The molecule has 0 spiro atoms. The van der Waals surface area contributed by atoms with Gasteiger partial charge < -0.3 is 41.1 Å². The van der Waals surface area contributed by atoms with E-state index in [1.807, 2.05) is 36.4 Å². The van der Waals surface area contributed by atoms with Crippen LogP contribution in [-0.2, 0) is 16.1 Å². The SMILES string of the molecule is CCCCN(CCCC)CCNC(=O)NCc1nc(NCC(c2ccccc2)c2ccccc2)c2ncn(C3OC(C(=O)NCC)C(O)C3O)c2n1. The van der Waals surface area contributed by atoms with Gasteiger partial charge in [0.25, 0.3) is 5.91 Å². The van der Waals surface area contributed by atoms with Crippen LogP contribution >= 0.6 is 0 Å². The lowest BCUT2D eigenvalue weighted by molar-refractivity contribution is -0.137. The highest BCUT2D eigenvalue weighted by Gasteiger charge is 2.47. The highest BCUT2D eigenvalue weighted by Crippen LogP contribution is 2.33. The lowest BCUT2D eigenvalue weighted by Crippen LogP contribution is -2.42. The van der Waals surface area contributed by atoms with Crippen molar-refractivity contribution in [1.82, 2.24) is 40.4 Å². The molecule has 1 saturated heterocycles. The predicted molar refractivity (Wildman–Crippen MR) is 200 cm³/mol. The Morgan fingerprint density at radius 3 is 2.13 bits per heavy atom. The Morgan fingerprint density at radius 1 is 0.865 bits per heavy atom. The van der Waals surface area contributed by atoms with Gasteiger partial charge in [0.1, 0.15) is 12.2 Å². The summed E-state index contributed by atoms with van der Waals surface area (Å²) in [7, 11) is 0. The maximum Gasteiger partial charge on any atom is 0.315 e. The molecule has 14 nitrogen and oxygen atoms in total. The van der Waals surface area contributed by atoms with Crippen molar-refractivity contribution < 1.29 is 24.5 Å². The molecule has 2 aromatic carbocycles. The number of likely N-dealkylation sites (N-methyl/N-ethyl adjacent to an activating group) is 1. The number of anilines is 1. The number of urea groups is 1. The first-order valence-corrected chi connectivity index (χ1v) is 18.4. The van der Waals surface area contributed by atoms with Crippen LogP contribution in [0.5, 0.6) is 0 Å². The van der Waals surface area contributed by atoms with Crippen molar-refractivity contribution in [3.63, 3.8) is 0 Å². The summed E-state index contributed by atoms with van der Waals surface area (Å²) in [5.74, 6) is 0.168. The van der Waals surface area contributed by atoms with Crippen molar-refractivity contribution in [2.24, 2.45) is 0 Å². The van der Waals surface area contributed by atoms with Crippen LogP contribution in [0.1, 0.15) is 75.6 Å². The number of imidazole rings is 1. The molecule has 280 valence electrons. The molecule has 4 atom stereocenters. The summed E-state index contributed by atoms with van der Waals surface area (Å²) in [6.07, 6.45) is 0.610. The van der Waals surface area contributed by atoms with Crippen LogP contribution in [-0.4, -0.2) is 104 Å². The molecule has 1 fully saturated rings. The molecule has 5 rings (SSSR count). The quantitative estimate of drug-likeness (QED) is 0.0842. The molecule has 1 aliphatic rings. The number of carbonyl (C=O) groups excluding carboxylic acids is 2. The van der Waals surface area contributed by atoms with Crippen LogP contribution in [0.25, 0.3) is 11.2 Å². The van der Waals surface area contributed by atoms with E-state index in [0.717, 1.165) is 56.4 Å². The second-order valence-electron chi connectivity index (χ2n) is 13.0. The molecule has 4 aromatic rings. The number of nitrogens with zero attached hydrogens (tertiary/aromatic N) is 5. The number of unbranched alkanes of at least 4 members (excludes halogenated alkanes) is 2. The standard InChI is InChI=1S/C38H53N9O5/c1-4-7-20-46(21-8-5-2)22-19-40-38(51)42-24-29-44-34(41-23-28(26-15-11-9-12-16-26)27-17-13-10-14-18-27)30-35(45-29)47(25-43-30)37-32(49)31(48)33(52-37)36(50)39-6-3/h9-18,25,28,31-33,37,48-49H,4-8,19-24H2,1-3H3,(H,39,50)(H2,40,42,51)(H,41,44,45). The zero-order valence-electron chi connectivity index (χ0n) is 30.4. The monoisotopic (exact) mass is 715 g/mol. The van der Waals surface area contributed by atoms with E-state index in [1.165, 1.54) is 10.9 Å². The molecule has 0 saturated carbocycles. The van der Waals surface area contributed by atoms with Gasteiger partial charge >= 0.3 is 6.03 Å². The molecule has 3 heterocycles. The van der Waals surface area contributed by atoms with Crippen molar-refractivity contribution in [2.75, 3.05) is 44.6 Å². The van der Waals surface area contributed by atoms with Crippen LogP contribution in [0.2, 0.25) is 0 Å². The fourth-order valence-electron chi connectivity index (χ4n) is 6.38. The minimum absolute atomic E-state index is 0.00997. The number of fused-ring (bicyclic) bond motifs is 1. The van der Waals surface area contributed by atoms with Crippen molar-refractivity contribution in [1.29, 1.82) is 0 Å². The summed E-state index contributed by atoms with van der Waals surface area (Å²) in [5.41, 5.74) is 2.94. The molecule has 3 amide bonds. The van der Waals surface area contributed by atoms with Crippen LogP contribution < -0.4 is 21.3 Å². The topological polar surface area (TPSA) is 179 Å². The second-order valence-corrected chi connectivity index (χ2v) is 13.0. The third kappa shape index (κ3) is 9.82. The number of aliphatic hydroxyl groups is 2. The number of amides is 3. The Kier molecular flexibility index (Phi) is 14.3. The Bertz CT molecular complexity index is 1660. The molecule has 4 unspecified atom stereocenters. The minimum Gasteiger partial charge on any atom is -0.387 e. The average Bonchev–Trinajstić information content (AvgIpc) is 3.72. The number of hydrogen-bond donors (Lipinski definition) is 6. The number of hydrogen-bond acceptors (Lipinski definition) is 10. The zero-order chi connectivity index (χ0) is 36.9. The molecule has 2 aromatic heterocycles. The molecular weight excluding hydrogens is 662 g/mol. The number of benzene rings is 2. The van der Waals surface area contributed by atoms with Gasteiger partial charge in [-0.2, -0.15) is 0 Å². The smallest absolute Gasteiger partial charge is 0.315 e. The maximum absolute atomic E-state index is 12.9. The van der Waals surface area contributed by atoms with E-state index in [4.69, 9.17) is 14.7 Å². The summed E-state index contributed by atoms with van der Waals surface area (Å²) in [6, 6.07) is 20.0. The highest BCUT2D eigenvalue weighted by atomic mass is 16.6. The lowest BCUT2D eigenvalue weighted by atomic mass is 9.91. The van der Waals surface area contributed by atoms with E-state index in [0.29, 0.717) is 42.4 Å². The number of aromatic nitrogens is 4. The van der Waals surface area contributed by atoms with Gasteiger partial charge in [0, 0.05) is 32.1 Å². The van der Waals surface area contributed by atoms with Gasteiger partial charge in [0.15, 0.2) is 35.1 Å². The van der Waals surface area contributed by atoms with E-state index in [-0.39, 0.29) is 18.5 Å². The molecule has 0 aliphatic carbocycles. The number of aliphatic hydroxyl groups excluding tert-OH is 2. The number of rotatable bonds is 19. The Morgan fingerprint density at radius 2 is 1.52 bits per heavy atom. The minimum atomic E-state index is -1.46. The van der Waals surface area contributed by atoms with E-state index in [9.17, 15) is 19.8 Å². The van der Waals surface area contributed by atoms with E-state index in [1.54, 1.807) is 6.92 Å². The second kappa shape index (κ2) is 19.3. The summed E-state index contributed by atoms with van der Waals surface area (Å²) in [5, 5.41) is 33.7. The van der Waals surface area contributed by atoms with Crippen LogP contribution in [0.15, 0.2) is 67.0 Å². The predicted octanol–water partition coefficient (Wildman–Crippen LogP) is 3.53. The van der Waals surface area contributed by atoms with Crippen LogP contribution in [0.3, 0.4) is 0 Å². The summed E-state index contributed by atoms with van der Waals surface area (Å²) in [6.45, 7) is 10.2. The van der Waals surface area contributed by atoms with Gasteiger partial charge in [-0.25, -0.2) is 19.7 Å². The number of ether oxygens (including phenoxy) is 1. The molecular formula is C38H53N9O5. The first-order valence-electron chi connectivity index (χ1n) is 18.4. The van der Waals surface area contributed by atoms with Crippen molar-refractivity contribution in [2.45, 2.75) is 83.5 Å². The number of carbonyl (C=O) groups is 2. The first kappa shape index (κ1) is 38.6.